The molecule has 0 bridgehead atoms. The van der Waals surface area contributed by atoms with Gasteiger partial charge in [-0.3, -0.25) is 4.79 Å². The van der Waals surface area contributed by atoms with Crippen molar-refractivity contribution in [2.45, 2.75) is 26.8 Å². The predicted molar refractivity (Wildman–Crippen MR) is 83.8 cm³/mol. The topological polar surface area (TPSA) is 29.1 Å². The molecule has 0 aliphatic heterocycles. The summed E-state index contributed by atoms with van der Waals surface area (Å²) in [4.78, 5) is 12.9. The van der Waals surface area contributed by atoms with E-state index in [4.69, 9.17) is 0 Å². The second-order valence-corrected chi connectivity index (χ2v) is 6.42. The van der Waals surface area contributed by atoms with Crippen LogP contribution >= 0.6 is 27.3 Å². The maximum atomic E-state index is 12.2. The molecular formula is C15H16BrNOS. The largest absolute Gasteiger partial charge is 0.345 e. The number of thiophene rings is 1. The van der Waals surface area contributed by atoms with Crippen LogP contribution in [-0.2, 0) is 0 Å². The number of nitrogens with one attached hydrogen (secondary N) is 1. The van der Waals surface area contributed by atoms with Crippen LogP contribution in [0.5, 0.6) is 0 Å². The zero-order valence-corrected chi connectivity index (χ0v) is 13.6. The summed E-state index contributed by atoms with van der Waals surface area (Å²) in [5.41, 5.74) is 3.57. The van der Waals surface area contributed by atoms with E-state index in [9.17, 15) is 4.79 Å². The first-order valence-electron chi connectivity index (χ1n) is 6.10. The summed E-state index contributed by atoms with van der Waals surface area (Å²) < 4.78 is 0.850. The van der Waals surface area contributed by atoms with Crippen molar-refractivity contribution in [1.29, 1.82) is 0 Å². The van der Waals surface area contributed by atoms with Crippen LogP contribution in [0.2, 0.25) is 0 Å². The lowest BCUT2D eigenvalue weighted by molar-refractivity contribution is 0.0943. The van der Waals surface area contributed by atoms with Gasteiger partial charge in [-0.05, 0) is 59.3 Å². The van der Waals surface area contributed by atoms with Crippen molar-refractivity contribution in [1.82, 2.24) is 5.32 Å². The molecule has 0 aliphatic carbocycles. The first kappa shape index (κ1) is 14.3. The van der Waals surface area contributed by atoms with Gasteiger partial charge < -0.3 is 5.32 Å². The number of hydrogen-bond donors (Lipinski definition) is 1. The molecule has 0 saturated carbocycles. The molecule has 19 heavy (non-hydrogen) atoms. The summed E-state index contributed by atoms with van der Waals surface area (Å²) >= 11 is 4.83. The van der Waals surface area contributed by atoms with Crippen molar-refractivity contribution in [3.05, 3.63) is 55.7 Å². The third-order valence-electron chi connectivity index (χ3n) is 3.07. The van der Waals surface area contributed by atoms with Crippen LogP contribution in [0.4, 0.5) is 0 Å². The molecule has 1 amide bonds. The molecule has 0 aliphatic rings. The quantitative estimate of drug-likeness (QED) is 0.869. The fourth-order valence-corrected chi connectivity index (χ4v) is 3.48. The van der Waals surface area contributed by atoms with Gasteiger partial charge in [0.15, 0.2) is 0 Å². The number of amides is 1. The Morgan fingerprint density at radius 2 is 2.05 bits per heavy atom. The molecule has 1 N–H and O–H groups in total. The Hall–Kier alpha value is -1.13. The predicted octanol–water partition coefficient (Wildman–Crippen LogP) is 4.62. The Balaban J connectivity index is 2.17. The van der Waals surface area contributed by atoms with Crippen molar-refractivity contribution < 1.29 is 4.79 Å². The average molecular weight is 338 g/mol. The van der Waals surface area contributed by atoms with Crippen molar-refractivity contribution in [2.75, 3.05) is 0 Å². The highest BCUT2D eigenvalue weighted by Gasteiger charge is 2.16. The normalized spacial score (nSPS) is 12.2. The molecule has 1 aromatic heterocycles. The maximum Gasteiger partial charge on any atom is 0.262 e. The van der Waals surface area contributed by atoms with Gasteiger partial charge in [0.1, 0.15) is 4.88 Å². The number of carbonyl (C=O) groups is 1. The van der Waals surface area contributed by atoms with E-state index in [1.165, 1.54) is 28.0 Å². The van der Waals surface area contributed by atoms with Gasteiger partial charge in [-0.1, -0.05) is 23.8 Å². The molecule has 2 rings (SSSR count). The van der Waals surface area contributed by atoms with E-state index in [1.54, 1.807) is 0 Å². The number of halogens is 1. The zero-order chi connectivity index (χ0) is 14.0. The Morgan fingerprint density at radius 3 is 2.68 bits per heavy atom. The maximum absolute atomic E-state index is 12.2. The molecule has 1 unspecified atom stereocenters. The van der Waals surface area contributed by atoms with Crippen LogP contribution in [0.3, 0.4) is 0 Å². The standard InChI is InChI=1S/C15H16BrNOS/c1-9-4-5-10(2)12(8-9)11(3)17-15(18)14-13(16)6-7-19-14/h4-8,11H,1-3H3,(H,17,18). The van der Waals surface area contributed by atoms with Gasteiger partial charge in [0.05, 0.1) is 6.04 Å². The van der Waals surface area contributed by atoms with Gasteiger partial charge in [-0.15, -0.1) is 11.3 Å². The monoisotopic (exact) mass is 337 g/mol. The van der Waals surface area contributed by atoms with Crippen LogP contribution in [0.25, 0.3) is 0 Å². The van der Waals surface area contributed by atoms with Gasteiger partial charge in [-0.2, -0.15) is 0 Å². The molecule has 2 nitrogen and oxygen atoms in total. The van der Waals surface area contributed by atoms with E-state index in [-0.39, 0.29) is 11.9 Å². The summed E-state index contributed by atoms with van der Waals surface area (Å²) in [7, 11) is 0. The molecule has 1 atom stereocenters. The van der Waals surface area contributed by atoms with Crippen LogP contribution in [0.15, 0.2) is 34.1 Å². The highest BCUT2D eigenvalue weighted by molar-refractivity contribution is 9.10. The Bertz CT molecular complexity index is 606. The number of benzene rings is 1. The second-order valence-electron chi connectivity index (χ2n) is 4.65. The fourth-order valence-electron chi connectivity index (χ4n) is 2.02. The van der Waals surface area contributed by atoms with Crippen LogP contribution in [0, 0.1) is 13.8 Å². The van der Waals surface area contributed by atoms with Gasteiger partial charge in [-0.25, -0.2) is 0 Å². The number of rotatable bonds is 3. The van der Waals surface area contributed by atoms with Gasteiger partial charge in [0.2, 0.25) is 0 Å². The lowest BCUT2D eigenvalue weighted by Gasteiger charge is -2.17. The SMILES string of the molecule is Cc1ccc(C)c(C(C)NC(=O)c2sccc2Br)c1. The molecule has 4 heteroatoms. The summed E-state index contributed by atoms with van der Waals surface area (Å²) in [5, 5.41) is 4.95. The highest BCUT2D eigenvalue weighted by Crippen LogP contribution is 2.24. The number of aryl methyl sites for hydroxylation is 2. The summed E-state index contributed by atoms with van der Waals surface area (Å²) in [5.74, 6) is -0.0321. The number of hydrogen-bond acceptors (Lipinski definition) is 2. The van der Waals surface area contributed by atoms with Crippen molar-refractivity contribution in [2.24, 2.45) is 0 Å². The van der Waals surface area contributed by atoms with E-state index >= 15 is 0 Å². The average Bonchev–Trinajstić information content (AvgIpc) is 2.78. The van der Waals surface area contributed by atoms with Crippen molar-refractivity contribution in [3.8, 4) is 0 Å². The lowest BCUT2D eigenvalue weighted by atomic mass is 10.00. The van der Waals surface area contributed by atoms with E-state index in [0.717, 1.165) is 9.35 Å². The fraction of sp³-hybridized carbons (Fsp3) is 0.267. The molecule has 100 valence electrons. The zero-order valence-electron chi connectivity index (χ0n) is 11.2. The lowest BCUT2D eigenvalue weighted by Crippen LogP contribution is -2.26. The minimum Gasteiger partial charge on any atom is -0.345 e. The van der Waals surface area contributed by atoms with Gasteiger partial charge in [0, 0.05) is 4.47 Å². The molecule has 0 saturated heterocycles. The molecule has 0 fully saturated rings. The second kappa shape index (κ2) is 5.88. The molecule has 2 aromatic rings. The van der Waals surface area contributed by atoms with E-state index in [2.05, 4.69) is 53.3 Å². The molecule has 1 heterocycles. The van der Waals surface area contributed by atoms with E-state index < -0.39 is 0 Å². The Labute approximate surface area is 126 Å². The Morgan fingerprint density at radius 1 is 1.32 bits per heavy atom. The molecule has 0 radical (unpaired) electrons. The first-order valence-corrected chi connectivity index (χ1v) is 7.77. The van der Waals surface area contributed by atoms with E-state index in [0.29, 0.717) is 0 Å². The third kappa shape index (κ3) is 3.25. The van der Waals surface area contributed by atoms with Crippen molar-refractivity contribution in [3.63, 3.8) is 0 Å². The summed E-state index contributed by atoms with van der Waals surface area (Å²) in [6.45, 7) is 6.15. The van der Waals surface area contributed by atoms with Gasteiger partial charge in [0.25, 0.3) is 5.91 Å². The van der Waals surface area contributed by atoms with Crippen LogP contribution in [0.1, 0.15) is 39.3 Å². The van der Waals surface area contributed by atoms with Crippen LogP contribution in [-0.4, -0.2) is 5.91 Å². The van der Waals surface area contributed by atoms with Gasteiger partial charge >= 0.3 is 0 Å². The summed E-state index contributed by atoms with van der Waals surface area (Å²) in [6.07, 6.45) is 0. The molecular weight excluding hydrogens is 322 g/mol. The smallest absolute Gasteiger partial charge is 0.262 e. The van der Waals surface area contributed by atoms with E-state index in [1.807, 2.05) is 18.4 Å². The molecule has 1 aromatic carbocycles. The van der Waals surface area contributed by atoms with Crippen LogP contribution < -0.4 is 5.32 Å². The minimum absolute atomic E-state index is 0.00130. The summed E-state index contributed by atoms with van der Waals surface area (Å²) in [6, 6.07) is 8.20. The molecule has 0 spiro atoms. The van der Waals surface area contributed by atoms with Crippen molar-refractivity contribution >= 4 is 33.2 Å². The first-order chi connectivity index (χ1) is 8.99. The highest BCUT2D eigenvalue weighted by atomic mass is 79.9. The number of carbonyl (C=O) groups excluding carboxylic acids is 1. The Kier molecular flexibility index (Phi) is 4.42. The third-order valence-corrected chi connectivity index (χ3v) is 4.91. The minimum atomic E-state index is -0.0321.